The highest BCUT2D eigenvalue weighted by Crippen LogP contribution is 2.33. The minimum Gasteiger partial charge on any atom is -0.504 e. The van der Waals surface area contributed by atoms with Crippen molar-refractivity contribution in [2.45, 2.75) is 13.3 Å². The molecule has 0 saturated carbocycles. The van der Waals surface area contributed by atoms with E-state index < -0.39 is 17.3 Å². The van der Waals surface area contributed by atoms with Gasteiger partial charge in [-0.1, -0.05) is 0 Å². The van der Waals surface area contributed by atoms with Crippen molar-refractivity contribution in [2.24, 2.45) is 0 Å². The van der Waals surface area contributed by atoms with Crippen LogP contribution < -0.4 is 0 Å². The van der Waals surface area contributed by atoms with E-state index in [9.17, 15) is 4.39 Å². The van der Waals surface area contributed by atoms with Crippen LogP contribution in [0.1, 0.15) is 11.1 Å². The maximum Gasteiger partial charge on any atom is 0.194 e. The Bertz CT molecular complexity index is 323. The predicted octanol–water partition coefficient (Wildman–Crippen LogP) is 1.08. The fraction of sp³-hybridized carbons (Fsp3) is 0.333. The summed E-state index contributed by atoms with van der Waals surface area (Å²) in [6.07, 6.45) is 0.126. The molecule has 3 nitrogen and oxygen atoms in total. The molecule has 0 unspecified atom stereocenters. The molecule has 13 heavy (non-hydrogen) atoms. The molecule has 1 aromatic rings. The van der Waals surface area contributed by atoms with E-state index in [2.05, 4.69) is 0 Å². The Morgan fingerprint density at radius 3 is 2.46 bits per heavy atom. The van der Waals surface area contributed by atoms with Gasteiger partial charge in [0.25, 0.3) is 0 Å². The number of aryl methyl sites for hydroxylation is 1. The van der Waals surface area contributed by atoms with Crippen molar-refractivity contribution in [2.75, 3.05) is 6.61 Å². The molecule has 0 aliphatic heterocycles. The van der Waals surface area contributed by atoms with Crippen LogP contribution in [0.2, 0.25) is 0 Å². The van der Waals surface area contributed by atoms with Gasteiger partial charge in [0.05, 0.1) is 0 Å². The van der Waals surface area contributed by atoms with Crippen molar-refractivity contribution in [3.63, 3.8) is 0 Å². The lowest BCUT2D eigenvalue weighted by Crippen LogP contribution is -1.96. The summed E-state index contributed by atoms with van der Waals surface area (Å²) in [5.74, 6) is -2.06. The number of aromatic hydroxyl groups is 2. The van der Waals surface area contributed by atoms with Crippen LogP contribution in [0.4, 0.5) is 4.39 Å². The fourth-order valence-electron chi connectivity index (χ4n) is 1.14. The van der Waals surface area contributed by atoms with E-state index in [-0.39, 0.29) is 18.6 Å². The Labute approximate surface area is 75.1 Å². The smallest absolute Gasteiger partial charge is 0.194 e. The first-order valence-electron chi connectivity index (χ1n) is 3.88. The normalized spacial score (nSPS) is 10.4. The Balaban J connectivity index is 3.24. The summed E-state index contributed by atoms with van der Waals surface area (Å²) in [6, 6.07) is 1.40. The lowest BCUT2D eigenvalue weighted by Gasteiger charge is -2.07. The Hall–Kier alpha value is -1.29. The number of aliphatic hydroxyl groups is 1. The summed E-state index contributed by atoms with van der Waals surface area (Å²) in [4.78, 5) is 0. The molecule has 4 heteroatoms. The average molecular weight is 186 g/mol. The minimum absolute atomic E-state index is 0.126. The van der Waals surface area contributed by atoms with E-state index in [1.54, 1.807) is 6.92 Å². The summed E-state index contributed by atoms with van der Waals surface area (Å²) in [6.45, 7) is 1.36. The topological polar surface area (TPSA) is 60.7 Å². The van der Waals surface area contributed by atoms with Crippen LogP contribution in [0, 0.1) is 12.7 Å². The number of phenols is 2. The third-order valence-electron chi connectivity index (χ3n) is 1.86. The van der Waals surface area contributed by atoms with Crippen molar-refractivity contribution < 1.29 is 19.7 Å². The number of rotatable bonds is 2. The van der Waals surface area contributed by atoms with Gasteiger partial charge < -0.3 is 15.3 Å². The van der Waals surface area contributed by atoms with Crippen molar-refractivity contribution >= 4 is 0 Å². The summed E-state index contributed by atoms with van der Waals surface area (Å²) in [5.41, 5.74) is 0.595. The second-order valence-corrected chi connectivity index (χ2v) is 2.84. The van der Waals surface area contributed by atoms with Gasteiger partial charge in [-0.3, -0.25) is 0 Å². The molecule has 0 aromatic heterocycles. The van der Waals surface area contributed by atoms with Gasteiger partial charge in [0.15, 0.2) is 17.3 Å². The van der Waals surface area contributed by atoms with Gasteiger partial charge in [-0.15, -0.1) is 0 Å². The first-order valence-corrected chi connectivity index (χ1v) is 3.88. The van der Waals surface area contributed by atoms with E-state index >= 15 is 0 Å². The van der Waals surface area contributed by atoms with Gasteiger partial charge in [-0.2, -0.15) is 0 Å². The third-order valence-corrected chi connectivity index (χ3v) is 1.86. The summed E-state index contributed by atoms with van der Waals surface area (Å²) in [7, 11) is 0. The Morgan fingerprint density at radius 2 is 1.92 bits per heavy atom. The molecule has 0 aliphatic carbocycles. The zero-order chi connectivity index (χ0) is 10.0. The lowest BCUT2D eigenvalue weighted by molar-refractivity contribution is 0.296. The average Bonchev–Trinajstić information content (AvgIpc) is 2.11. The highest BCUT2D eigenvalue weighted by Gasteiger charge is 2.14. The largest absolute Gasteiger partial charge is 0.504 e. The van der Waals surface area contributed by atoms with Gasteiger partial charge >= 0.3 is 0 Å². The number of phenolic OH excluding ortho intramolecular Hbond substituents is 2. The van der Waals surface area contributed by atoms with Gasteiger partial charge in [-0.05, 0) is 30.5 Å². The first-order chi connectivity index (χ1) is 6.07. The van der Waals surface area contributed by atoms with Crippen LogP contribution in [-0.2, 0) is 6.42 Å². The van der Waals surface area contributed by atoms with Gasteiger partial charge in [-0.25, -0.2) is 4.39 Å². The maximum atomic E-state index is 13.1. The zero-order valence-corrected chi connectivity index (χ0v) is 7.21. The van der Waals surface area contributed by atoms with E-state index in [4.69, 9.17) is 15.3 Å². The monoisotopic (exact) mass is 186 g/mol. The second-order valence-electron chi connectivity index (χ2n) is 2.84. The number of halogens is 1. The molecule has 0 atom stereocenters. The van der Waals surface area contributed by atoms with Crippen molar-refractivity contribution in [3.8, 4) is 11.5 Å². The second kappa shape index (κ2) is 3.62. The number of hydrogen-bond donors (Lipinski definition) is 3. The summed E-state index contributed by atoms with van der Waals surface area (Å²) in [5, 5.41) is 26.8. The van der Waals surface area contributed by atoms with E-state index in [0.29, 0.717) is 5.56 Å². The minimum atomic E-state index is -0.864. The molecule has 3 N–H and O–H groups in total. The van der Waals surface area contributed by atoms with Crippen LogP contribution in [0.5, 0.6) is 11.5 Å². The van der Waals surface area contributed by atoms with Crippen molar-refractivity contribution in [1.29, 1.82) is 0 Å². The first kappa shape index (κ1) is 9.80. The van der Waals surface area contributed by atoms with E-state index in [1.165, 1.54) is 6.07 Å². The third kappa shape index (κ3) is 1.72. The zero-order valence-electron chi connectivity index (χ0n) is 7.21. The molecule has 72 valence electrons. The standard InChI is InChI=1S/C9H11FO3/c1-5-4-6(2-3-11)7(10)9(13)8(5)12/h4,11-13H,2-3H2,1H3. The molecule has 1 rings (SSSR count). The van der Waals surface area contributed by atoms with Crippen molar-refractivity contribution in [1.82, 2.24) is 0 Å². The molecule has 0 amide bonds. The lowest BCUT2D eigenvalue weighted by atomic mass is 10.1. The molecule has 0 bridgehead atoms. The molecule has 0 heterocycles. The van der Waals surface area contributed by atoms with Crippen LogP contribution in [-0.4, -0.2) is 21.9 Å². The Morgan fingerprint density at radius 1 is 1.31 bits per heavy atom. The van der Waals surface area contributed by atoms with Crippen LogP contribution in [0.3, 0.4) is 0 Å². The summed E-state index contributed by atoms with van der Waals surface area (Å²) >= 11 is 0. The number of benzene rings is 1. The molecule has 0 spiro atoms. The molecule has 0 fully saturated rings. The molecule has 0 aliphatic rings. The highest BCUT2D eigenvalue weighted by atomic mass is 19.1. The molecule has 0 radical (unpaired) electrons. The van der Waals surface area contributed by atoms with Crippen LogP contribution in [0.15, 0.2) is 6.07 Å². The van der Waals surface area contributed by atoms with E-state index in [1.807, 2.05) is 0 Å². The predicted molar refractivity (Wildman–Crippen MR) is 45.3 cm³/mol. The molecule has 1 aromatic carbocycles. The number of hydrogen-bond acceptors (Lipinski definition) is 3. The number of aliphatic hydroxyl groups excluding tert-OH is 1. The van der Waals surface area contributed by atoms with Crippen LogP contribution >= 0.6 is 0 Å². The molecule has 0 saturated heterocycles. The van der Waals surface area contributed by atoms with Crippen molar-refractivity contribution in [3.05, 3.63) is 23.0 Å². The highest BCUT2D eigenvalue weighted by molar-refractivity contribution is 5.48. The van der Waals surface area contributed by atoms with Gasteiger partial charge in [0.1, 0.15) is 0 Å². The fourth-order valence-corrected chi connectivity index (χ4v) is 1.14. The van der Waals surface area contributed by atoms with Gasteiger partial charge in [0, 0.05) is 6.61 Å². The Kier molecular flexibility index (Phi) is 2.72. The summed E-state index contributed by atoms with van der Waals surface area (Å²) < 4.78 is 13.1. The maximum absolute atomic E-state index is 13.1. The van der Waals surface area contributed by atoms with E-state index in [0.717, 1.165) is 0 Å². The van der Waals surface area contributed by atoms with Crippen LogP contribution in [0.25, 0.3) is 0 Å². The quantitative estimate of drug-likeness (QED) is 0.606. The molecular formula is C9H11FO3. The molecular weight excluding hydrogens is 175 g/mol. The SMILES string of the molecule is Cc1cc(CCO)c(F)c(O)c1O. The van der Waals surface area contributed by atoms with Gasteiger partial charge in [0.2, 0.25) is 0 Å².